The lowest BCUT2D eigenvalue weighted by Crippen LogP contribution is -2.43. The molecule has 3 heteroatoms. The molecule has 0 spiro atoms. The molecule has 0 amide bonds. The molecular formula is C14H23NOS. The zero-order valence-corrected chi connectivity index (χ0v) is 11.9. The molecule has 2 nitrogen and oxygen atoms in total. The Kier molecular flexibility index (Phi) is 4.23. The first-order valence-corrected chi connectivity index (χ1v) is 7.43. The normalized spacial score (nSPS) is 20.6. The fraction of sp³-hybridized carbons (Fsp3) is 0.714. The Morgan fingerprint density at radius 2 is 2.18 bits per heavy atom. The van der Waals surface area contributed by atoms with Gasteiger partial charge in [0.25, 0.3) is 0 Å². The number of hydrogen-bond donors (Lipinski definition) is 1. The van der Waals surface area contributed by atoms with E-state index in [0.29, 0.717) is 6.04 Å². The van der Waals surface area contributed by atoms with Crippen LogP contribution in [0.15, 0.2) is 11.4 Å². The van der Waals surface area contributed by atoms with Crippen LogP contribution in [0.1, 0.15) is 49.1 Å². The SMILES string of the molecule is CCNC(c1csc(C)c1)C1(OC)CCCC1. The van der Waals surface area contributed by atoms with Crippen molar-refractivity contribution in [3.05, 3.63) is 21.9 Å². The summed E-state index contributed by atoms with van der Waals surface area (Å²) in [4.78, 5) is 1.38. The highest BCUT2D eigenvalue weighted by molar-refractivity contribution is 7.10. The van der Waals surface area contributed by atoms with E-state index >= 15 is 0 Å². The topological polar surface area (TPSA) is 21.3 Å². The molecule has 1 saturated carbocycles. The largest absolute Gasteiger partial charge is 0.376 e. The zero-order chi connectivity index (χ0) is 12.3. The summed E-state index contributed by atoms with van der Waals surface area (Å²) in [6, 6.07) is 2.65. The summed E-state index contributed by atoms with van der Waals surface area (Å²) in [5, 5.41) is 5.91. The second-order valence-electron chi connectivity index (χ2n) is 4.96. The first-order valence-electron chi connectivity index (χ1n) is 6.55. The van der Waals surface area contributed by atoms with E-state index in [4.69, 9.17) is 4.74 Å². The molecule has 96 valence electrons. The Balaban J connectivity index is 2.27. The highest BCUT2D eigenvalue weighted by atomic mass is 32.1. The van der Waals surface area contributed by atoms with Crippen LogP contribution in [0.5, 0.6) is 0 Å². The molecule has 0 aliphatic heterocycles. The summed E-state index contributed by atoms with van der Waals surface area (Å²) in [5.74, 6) is 0. The van der Waals surface area contributed by atoms with Gasteiger partial charge in [0.1, 0.15) is 0 Å². The summed E-state index contributed by atoms with van der Waals surface area (Å²) >= 11 is 1.83. The maximum absolute atomic E-state index is 5.92. The molecule has 0 bridgehead atoms. The predicted molar refractivity (Wildman–Crippen MR) is 73.7 cm³/mol. The monoisotopic (exact) mass is 253 g/mol. The minimum atomic E-state index is 0.0174. The third-order valence-corrected chi connectivity index (χ3v) is 4.75. The van der Waals surface area contributed by atoms with E-state index in [-0.39, 0.29) is 5.60 Å². The summed E-state index contributed by atoms with van der Waals surface area (Å²) in [6.07, 6.45) is 4.93. The number of hydrogen-bond acceptors (Lipinski definition) is 3. The number of rotatable bonds is 5. The predicted octanol–water partition coefficient (Wildman–Crippen LogP) is 3.67. The number of likely N-dealkylation sites (N-methyl/N-ethyl adjacent to an activating group) is 1. The molecule has 1 heterocycles. The van der Waals surface area contributed by atoms with Gasteiger partial charge in [0.15, 0.2) is 0 Å². The Labute approximate surface area is 108 Å². The zero-order valence-electron chi connectivity index (χ0n) is 11.1. The molecule has 0 radical (unpaired) electrons. The van der Waals surface area contributed by atoms with Crippen molar-refractivity contribution in [3.63, 3.8) is 0 Å². The minimum absolute atomic E-state index is 0.0174. The standard InChI is InChI=1S/C14H23NOS/c1-4-15-13(12-9-11(2)17-10-12)14(16-3)7-5-6-8-14/h9-10,13,15H,4-8H2,1-3H3. The van der Waals surface area contributed by atoms with Crippen molar-refractivity contribution >= 4 is 11.3 Å². The fourth-order valence-corrected chi connectivity index (χ4v) is 3.74. The molecule has 1 fully saturated rings. The van der Waals surface area contributed by atoms with Crippen molar-refractivity contribution < 1.29 is 4.74 Å². The van der Waals surface area contributed by atoms with Crippen LogP contribution in [0, 0.1) is 6.92 Å². The van der Waals surface area contributed by atoms with Crippen LogP contribution in [0.4, 0.5) is 0 Å². The van der Waals surface area contributed by atoms with E-state index in [1.54, 1.807) is 0 Å². The van der Waals surface area contributed by atoms with E-state index < -0.39 is 0 Å². The molecule has 1 unspecified atom stereocenters. The average molecular weight is 253 g/mol. The van der Waals surface area contributed by atoms with Crippen LogP contribution < -0.4 is 5.32 Å². The summed E-state index contributed by atoms with van der Waals surface area (Å²) in [7, 11) is 1.87. The Morgan fingerprint density at radius 3 is 2.65 bits per heavy atom. The minimum Gasteiger partial charge on any atom is -0.376 e. The van der Waals surface area contributed by atoms with Gasteiger partial charge in [-0.2, -0.15) is 0 Å². The number of nitrogens with one attached hydrogen (secondary N) is 1. The van der Waals surface area contributed by atoms with Crippen LogP contribution in [0.25, 0.3) is 0 Å². The van der Waals surface area contributed by atoms with Crippen LogP contribution in [0.2, 0.25) is 0 Å². The van der Waals surface area contributed by atoms with Gasteiger partial charge in [-0.25, -0.2) is 0 Å². The molecular weight excluding hydrogens is 230 g/mol. The number of ether oxygens (including phenoxy) is 1. The van der Waals surface area contributed by atoms with Crippen LogP contribution in [-0.4, -0.2) is 19.3 Å². The summed E-state index contributed by atoms with van der Waals surface area (Å²) in [6.45, 7) is 5.33. The third-order valence-electron chi connectivity index (χ3n) is 3.87. The molecule has 1 aliphatic rings. The fourth-order valence-electron chi connectivity index (χ4n) is 3.01. The molecule has 2 rings (SSSR count). The van der Waals surface area contributed by atoms with Gasteiger partial charge in [-0.1, -0.05) is 19.8 Å². The lowest BCUT2D eigenvalue weighted by Gasteiger charge is -2.36. The molecule has 1 aromatic rings. The van der Waals surface area contributed by atoms with Crippen LogP contribution in [-0.2, 0) is 4.74 Å². The molecule has 0 saturated heterocycles. The van der Waals surface area contributed by atoms with Crippen LogP contribution >= 0.6 is 11.3 Å². The van der Waals surface area contributed by atoms with E-state index in [9.17, 15) is 0 Å². The molecule has 17 heavy (non-hydrogen) atoms. The molecule has 1 N–H and O–H groups in total. The highest BCUT2D eigenvalue weighted by Crippen LogP contribution is 2.43. The van der Waals surface area contributed by atoms with Crippen molar-refractivity contribution in [2.75, 3.05) is 13.7 Å². The number of thiophene rings is 1. The Bertz CT molecular complexity index is 355. The van der Waals surface area contributed by atoms with Crippen LogP contribution in [0.3, 0.4) is 0 Å². The number of methoxy groups -OCH3 is 1. The Morgan fingerprint density at radius 1 is 1.47 bits per heavy atom. The van der Waals surface area contributed by atoms with Crippen molar-refractivity contribution in [1.29, 1.82) is 0 Å². The molecule has 0 aromatic carbocycles. The first kappa shape index (κ1) is 13.1. The highest BCUT2D eigenvalue weighted by Gasteiger charge is 2.42. The van der Waals surface area contributed by atoms with E-state index in [0.717, 1.165) is 6.54 Å². The van der Waals surface area contributed by atoms with E-state index in [1.807, 2.05) is 18.4 Å². The van der Waals surface area contributed by atoms with Gasteiger partial charge in [0, 0.05) is 12.0 Å². The maximum Gasteiger partial charge on any atom is 0.0872 e. The summed E-state index contributed by atoms with van der Waals surface area (Å²) < 4.78 is 5.92. The van der Waals surface area contributed by atoms with Gasteiger partial charge in [-0.15, -0.1) is 11.3 Å². The van der Waals surface area contributed by atoms with Gasteiger partial charge in [0.2, 0.25) is 0 Å². The van der Waals surface area contributed by atoms with E-state index in [1.165, 1.54) is 36.1 Å². The first-order chi connectivity index (χ1) is 8.22. The smallest absolute Gasteiger partial charge is 0.0872 e. The van der Waals surface area contributed by atoms with Crippen molar-refractivity contribution in [3.8, 4) is 0 Å². The van der Waals surface area contributed by atoms with Gasteiger partial charge in [0.05, 0.1) is 11.6 Å². The molecule has 1 aliphatic carbocycles. The summed E-state index contributed by atoms with van der Waals surface area (Å²) in [5.41, 5.74) is 1.42. The van der Waals surface area contributed by atoms with Gasteiger partial charge in [-0.3, -0.25) is 0 Å². The van der Waals surface area contributed by atoms with Crippen molar-refractivity contribution in [2.45, 2.75) is 51.2 Å². The molecule has 1 aromatic heterocycles. The second kappa shape index (κ2) is 5.51. The van der Waals surface area contributed by atoms with Crippen molar-refractivity contribution in [1.82, 2.24) is 5.32 Å². The van der Waals surface area contributed by atoms with Gasteiger partial charge < -0.3 is 10.1 Å². The quantitative estimate of drug-likeness (QED) is 0.864. The maximum atomic E-state index is 5.92. The van der Waals surface area contributed by atoms with Gasteiger partial charge in [-0.05, 0) is 43.3 Å². The molecule has 1 atom stereocenters. The van der Waals surface area contributed by atoms with Crippen molar-refractivity contribution in [2.24, 2.45) is 0 Å². The third kappa shape index (κ3) is 2.56. The number of aryl methyl sites for hydroxylation is 1. The Hall–Kier alpha value is -0.380. The lowest BCUT2D eigenvalue weighted by molar-refractivity contribution is -0.0363. The lowest BCUT2D eigenvalue weighted by atomic mass is 9.87. The average Bonchev–Trinajstić information content (AvgIpc) is 2.95. The second-order valence-corrected chi connectivity index (χ2v) is 6.07. The van der Waals surface area contributed by atoms with E-state index in [2.05, 4.69) is 30.6 Å². The van der Waals surface area contributed by atoms with Gasteiger partial charge >= 0.3 is 0 Å².